The minimum absolute atomic E-state index is 0.000138. The predicted octanol–water partition coefficient (Wildman–Crippen LogP) is 15.3. The Labute approximate surface area is 606 Å². The first kappa shape index (κ1) is 64.9. The van der Waals surface area contributed by atoms with Crippen LogP contribution in [0.1, 0.15) is 220 Å². The fourth-order valence-electron chi connectivity index (χ4n) is 24.3. The van der Waals surface area contributed by atoms with Gasteiger partial charge in [-0.3, -0.25) is 4.79 Å². The fraction of sp³-hybridized carbons (Fsp3) is 0.424. The molecule has 18 atom stereocenters. The lowest BCUT2D eigenvalue weighted by Crippen LogP contribution is -2.61. The van der Waals surface area contributed by atoms with E-state index in [1.54, 1.807) is 6.07 Å². The summed E-state index contributed by atoms with van der Waals surface area (Å²) in [5.41, 5.74) is 16.2. The number of aliphatic hydroxyl groups is 4. The zero-order chi connectivity index (χ0) is 70.1. The summed E-state index contributed by atoms with van der Waals surface area (Å²) in [6.07, 6.45) is 26.9. The topological polar surface area (TPSA) is 182 Å². The third-order valence-electron chi connectivity index (χ3n) is 28.5. The van der Waals surface area contributed by atoms with Crippen molar-refractivity contribution in [1.82, 2.24) is 0 Å². The number of hydrogen-bond acceptors (Lipinski definition) is 12. The van der Waals surface area contributed by atoms with Gasteiger partial charge in [0.15, 0.2) is 17.8 Å². The van der Waals surface area contributed by atoms with Crippen LogP contribution in [0.2, 0.25) is 0 Å². The van der Waals surface area contributed by atoms with Crippen LogP contribution in [0.3, 0.4) is 0 Å². The lowest BCUT2D eigenvalue weighted by Gasteiger charge is -2.55. The monoisotopic (exact) mass is 1380 g/mol. The molecule has 528 valence electrons. The molecular weight excluding hydrogens is 1300 g/mol. The third-order valence-corrected chi connectivity index (χ3v) is 28.5. The lowest BCUT2D eigenvalue weighted by atomic mass is 9.48. The summed E-state index contributed by atoms with van der Waals surface area (Å²) < 4.78 is 35.4. The van der Waals surface area contributed by atoms with Crippen LogP contribution >= 0.6 is 0 Å². The van der Waals surface area contributed by atoms with Crippen molar-refractivity contribution in [3.8, 4) is 17.6 Å². The highest BCUT2D eigenvalue weighted by atomic mass is 16.6. The molecule has 28 rings (SSSR count). The van der Waals surface area contributed by atoms with E-state index in [2.05, 4.69) is 158 Å². The first-order chi connectivity index (χ1) is 50.9. The van der Waals surface area contributed by atoms with Gasteiger partial charge in [-0.05, 0) is 232 Å². The molecule has 18 aliphatic carbocycles. The highest BCUT2D eigenvalue weighted by Crippen LogP contribution is 2.68. The number of hydrogen-bond donors (Lipinski definition) is 4. The van der Waals surface area contributed by atoms with E-state index >= 15 is 14.4 Å². The second-order valence-corrected chi connectivity index (χ2v) is 33.1. The molecule has 21 bridgehead atoms. The summed E-state index contributed by atoms with van der Waals surface area (Å²) in [4.78, 5) is 48.7. The number of benzene rings is 6. The minimum Gasteiger partial charge on any atom is -0.481 e. The predicted molar refractivity (Wildman–Crippen MR) is 396 cm³/mol. The van der Waals surface area contributed by atoms with Crippen LogP contribution in [0.15, 0.2) is 166 Å². The van der Waals surface area contributed by atoms with Crippen molar-refractivity contribution in [2.75, 3.05) is 26.6 Å². The number of fused-ring (bicyclic) bond motifs is 7. The van der Waals surface area contributed by atoms with Crippen molar-refractivity contribution in [2.24, 2.45) is 41.4 Å². The quantitative estimate of drug-likeness (QED) is 0.0283. The van der Waals surface area contributed by atoms with Crippen LogP contribution < -0.4 is 10.4 Å². The second-order valence-electron chi connectivity index (χ2n) is 33.1. The molecule has 2 saturated carbocycles. The van der Waals surface area contributed by atoms with Crippen molar-refractivity contribution >= 4 is 35.1 Å². The largest absolute Gasteiger partial charge is 0.481 e. The summed E-state index contributed by atoms with van der Waals surface area (Å²) in [6, 6.07) is 41.0. The van der Waals surface area contributed by atoms with Gasteiger partial charge in [0, 0.05) is 64.1 Å². The van der Waals surface area contributed by atoms with Crippen molar-refractivity contribution < 1.29 is 53.4 Å². The van der Waals surface area contributed by atoms with Crippen LogP contribution in [0.5, 0.6) is 5.75 Å². The number of rotatable bonds is 8. The SMILES string of the molecule is CC(CO)=C1CC2c3ccc4c5c3C36C=CC5C#CCC5(Oc7ccc8c(CO)c(C(CCO)COCO)c(=O)oc8c7C(OC(=O)CC7CC(C=CC47)c4cccc7c4CCC4CCCC8C=Cc9ccc(cc9C784)Cc4ccc(cc4)CC2C3)C5OC1=O)C1CC2c3ccccc3C=CC2C1C6. The Morgan fingerprint density at radius 2 is 1.58 bits per heavy atom. The van der Waals surface area contributed by atoms with Crippen LogP contribution in [0, 0.1) is 53.3 Å². The van der Waals surface area contributed by atoms with Crippen molar-refractivity contribution in [2.45, 2.75) is 174 Å². The highest BCUT2D eigenvalue weighted by molar-refractivity contribution is 5.91. The summed E-state index contributed by atoms with van der Waals surface area (Å²) in [5, 5.41) is 43.9. The Hall–Kier alpha value is -8.67. The average Bonchev–Trinajstić information content (AvgIpc) is 1.36. The number of ether oxygens (including phenoxy) is 4. The molecular formula is C92H88O12. The Morgan fingerprint density at radius 3 is 2.44 bits per heavy atom. The molecule has 0 saturated heterocycles. The molecule has 21 aliphatic rings. The maximum Gasteiger partial charge on any atom is 0.340 e. The molecule has 0 radical (unpaired) electrons. The van der Waals surface area contributed by atoms with Gasteiger partial charge >= 0.3 is 17.6 Å². The molecule has 3 aliphatic heterocycles. The van der Waals surface area contributed by atoms with Gasteiger partial charge < -0.3 is 43.8 Å². The molecule has 104 heavy (non-hydrogen) atoms. The van der Waals surface area contributed by atoms with Gasteiger partial charge in [0.05, 0.1) is 37.7 Å². The molecule has 18 unspecified atom stereocenters. The number of allylic oxidation sites excluding steroid dienone is 6. The Balaban J connectivity index is 0.879. The number of carbonyl (C=O) groups excluding carboxylic acids is 2. The fourth-order valence-corrected chi connectivity index (χ4v) is 24.3. The van der Waals surface area contributed by atoms with Crippen LogP contribution in [0.4, 0.5) is 0 Å². The van der Waals surface area contributed by atoms with Gasteiger partial charge in [-0.25, -0.2) is 9.59 Å². The van der Waals surface area contributed by atoms with E-state index in [4.69, 9.17) is 23.4 Å². The van der Waals surface area contributed by atoms with Crippen LogP contribution in [0.25, 0.3) is 23.1 Å². The molecule has 2 fully saturated rings. The van der Waals surface area contributed by atoms with E-state index < -0.39 is 72.6 Å². The Kier molecular flexibility index (Phi) is 15.4. The van der Waals surface area contributed by atoms with Gasteiger partial charge in [-0.1, -0.05) is 164 Å². The van der Waals surface area contributed by atoms with Gasteiger partial charge in [-0.2, -0.15) is 0 Å². The summed E-state index contributed by atoms with van der Waals surface area (Å²) in [6.45, 7) is -0.326. The smallest absolute Gasteiger partial charge is 0.340 e. The van der Waals surface area contributed by atoms with E-state index in [0.717, 1.165) is 56.1 Å². The van der Waals surface area contributed by atoms with E-state index in [1.165, 1.54) is 79.6 Å². The highest BCUT2D eigenvalue weighted by Gasteiger charge is 2.66. The molecule has 4 heterocycles. The minimum atomic E-state index is -1.55. The van der Waals surface area contributed by atoms with E-state index in [-0.39, 0.29) is 126 Å². The third kappa shape index (κ3) is 9.57. The van der Waals surface area contributed by atoms with Gasteiger partial charge in [0.2, 0.25) is 0 Å². The summed E-state index contributed by atoms with van der Waals surface area (Å²) in [7, 11) is 0. The van der Waals surface area contributed by atoms with Gasteiger partial charge in [-0.15, -0.1) is 0 Å². The zero-order valence-electron chi connectivity index (χ0n) is 58.9. The molecule has 4 N–H and O–H groups in total. The molecule has 1 aromatic heterocycles. The summed E-state index contributed by atoms with van der Waals surface area (Å²) >= 11 is 0. The summed E-state index contributed by atoms with van der Waals surface area (Å²) in [5.74, 6) is 5.14. The normalized spacial score (nSPS) is 33.5. The Morgan fingerprint density at radius 1 is 0.731 bits per heavy atom. The van der Waals surface area contributed by atoms with Crippen LogP contribution in [-0.4, -0.2) is 70.7 Å². The van der Waals surface area contributed by atoms with Gasteiger partial charge in [0.25, 0.3) is 0 Å². The average molecular weight is 1390 g/mol. The lowest BCUT2D eigenvalue weighted by molar-refractivity contribution is -0.205. The Bertz CT molecular complexity index is 5070. The van der Waals surface area contributed by atoms with Crippen LogP contribution in [-0.2, 0) is 60.5 Å². The van der Waals surface area contributed by atoms with Crippen molar-refractivity contribution in [1.29, 1.82) is 0 Å². The molecule has 7 aromatic rings. The first-order valence-electron chi connectivity index (χ1n) is 38.6. The van der Waals surface area contributed by atoms with Crippen molar-refractivity contribution in [3.05, 3.63) is 262 Å². The molecule has 12 heteroatoms. The molecule has 6 aromatic carbocycles. The number of carbonyl (C=O) groups is 2. The van der Waals surface area contributed by atoms with Gasteiger partial charge in [0.1, 0.15) is 18.1 Å². The molecule has 3 spiro atoms. The van der Waals surface area contributed by atoms with E-state index in [9.17, 15) is 20.4 Å². The molecule has 12 nitrogen and oxygen atoms in total. The molecule has 0 amide bonds. The standard InChI is InChI=1S/C92H88O12/c1-50(46-94)71-42-72-60-38-52-16-14-51(15-17-52)37-53-18-19-55-20-23-61-9-4-10-62-24-27-67-64(12-5-13-76(67)92(61,62)77(55)39-53)57-22-25-65-59(40-57)41-80(97)101-86-83-79(31-30-70-75(47-95)82(89(99)102-85(70)83)58(33-36-93)48-100-49-96)104-91(87(86)103-88(71)98)34-6-8-56-32-35-90(44-60,84-69(72)29-28-68(65)81(56)84)45-74-66-26-21-54-7-2-3-11-63(54)73(66)43-78(74)91/h2-3,5,7,11-23,25-26,28-32,35,39,56-62,65-66,72-74,78,86-87,93-96H,4,9-10,24,27,33-34,36-38,40-49H2,1H3. The van der Waals surface area contributed by atoms with Crippen molar-refractivity contribution in [3.63, 3.8) is 0 Å². The zero-order valence-corrected chi connectivity index (χ0v) is 58.9. The van der Waals surface area contributed by atoms with E-state index in [1.807, 2.05) is 13.0 Å². The first-order valence-corrected chi connectivity index (χ1v) is 38.6. The van der Waals surface area contributed by atoms with E-state index in [0.29, 0.717) is 41.2 Å². The second kappa shape index (κ2) is 24.7. The maximum absolute atomic E-state index is 16.8. The number of aliphatic hydroxyl groups excluding tert-OH is 4. The number of esters is 2. The maximum atomic E-state index is 16.8.